The summed E-state index contributed by atoms with van der Waals surface area (Å²) in [6, 6.07) is 8.78. The molecule has 0 aromatic heterocycles. The van der Waals surface area contributed by atoms with Gasteiger partial charge in [0.05, 0.1) is 31.4 Å². The Kier molecular flexibility index (Phi) is 6.50. The van der Waals surface area contributed by atoms with Gasteiger partial charge < -0.3 is 10.2 Å². The first kappa shape index (κ1) is 19.4. The Morgan fingerprint density at radius 3 is 2.81 bits per heavy atom. The summed E-state index contributed by atoms with van der Waals surface area (Å²) in [6.07, 6.45) is 6.04. The van der Waals surface area contributed by atoms with Crippen LogP contribution in [0.4, 0.5) is 0 Å². The summed E-state index contributed by atoms with van der Waals surface area (Å²) in [6.45, 7) is 7.15. The van der Waals surface area contributed by atoms with Crippen LogP contribution in [0.5, 0.6) is 0 Å². The molecule has 0 saturated carbocycles. The number of hydrogen-bond donors (Lipinski definition) is 3. The zero-order chi connectivity index (χ0) is 19.2. The smallest absolute Gasteiger partial charge is 0.245 e. The van der Waals surface area contributed by atoms with Gasteiger partial charge in [-0.25, -0.2) is 5.01 Å². The first-order valence-electron chi connectivity index (χ1n) is 9.98. The Morgan fingerprint density at radius 2 is 2.07 bits per heavy atom. The van der Waals surface area contributed by atoms with Crippen LogP contribution >= 0.6 is 0 Å². The fourth-order valence-electron chi connectivity index (χ4n) is 3.78. The van der Waals surface area contributed by atoms with Gasteiger partial charge in [0, 0.05) is 6.42 Å². The summed E-state index contributed by atoms with van der Waals surface area (Å²) in [5.74, 6) is -0.207. The number of carbonyl (C=O) groups is 2. The number of rotatable bonds is 6. The molecule has 3 rings (SSSR count). The predicted octanol–water partition coefficient (Wildman–Crippen LogP) is 0.646. The molecule has 6 nitrogen and oxygen atoms in total. The van der Waals surface area contributed by atoms with Crippen LogP contribution < -0.4 is 15.6 Å². The van der Waals surface area contributed by atoms with Crippen LogP contribution in [0.15, 0.2) is 30.3 Å². The average molecular weight is 372 g/mol. The van der Waals surface area contributed by atoms with Crippen LogP contribution in [0.2, 0.25) is 0 Å². The Labute approximate surface area is 161 Å². The number of amides is 2. The Bertz CT molecular complexity index is 699. The molecule has 0 spiro atoms. The molecule has 27 heavy (non-hydrogen) atoms. The molecule has 0 bridgehead atoms. The van der Waals surface area contributed by atoms with E-state index in [-0.39, 0.29) is 18.4 Å². The van der Waals surface area contributed by atoms with Gasteiger partial charge in [0.1, 0.15) is 6.54 Å². The van der Waals surface area contributed by atoms with Crippen molar-refractivity contribution in [2.75, 3.05) is 26.2 Å². The molecule has 2 unspecified atom stereocenters. The second-order valence-corrected chi connectivity index (χ2v) is 7.68. The average Bonchev–Trinajstić information content (AvgIpc) is 2.66. The standard InChI is InChI=1S/C21H30N4O2/c1-16-6-8-18(9-7-16)19-10-11-21(27)25(23-19)15-20(26)22-12-14-24-13-4-3-5-17(24)2/h6-10,17,23H,3-5,11-15H2,1-2H3,(H,22,26)/p+1. The van der Waals surface area contributed by atoms with E-state index in [0.717, 1.165) is 17.8 Å². The minimum atomic E-state index is -0.120. The van der Waals surface area contributed by atoms with E-state index in [1.165, 1.54) is 36.4 Å². The number of nitrogens with one attached hydrogen (secondary N) is 3. The number of piperidine rings is 1. The van der Waals surface area contributed by atoms with E-state index >= 15 is 0 Å². The van der Waals surface area contributed by atoms with Crippen molar-refractivity contribution < 1.29 is 14.5 Å². The summed E-state index contributed by atoms with van der Waals surface area (Å²) in [4.78, 5) is 26.0. The summed E-state index contributed by atoms with van der Waals surface area (Å²) in [7, 11) is 0. The monoisotopic (exact) mass is 371 g/mol. The number of hydrogen-bond acceptors (Lipinski definition) is 3. The maximum absolute atomic E-state index is 12.3. The normalized spacial score (nSPS) is 22.8. The fraction of sp³-hybridized carbons (Fsp3) is 0.524. The highest BCUT2D eigenvalue weighted by atomic mass is 16.2. The quantitative estimate of drug-likeness (QED) is 0.688. The molecule has 6 heteroatoms. The molecular weight excluding hydrogens is 340 g/mol. The van der Waals surface area contributed by atoms with E-state index < -0.39 is 0 Å². The molecule has 0 radical (unpaired) electrons. The van der Waals surface area contributed by atoms with Crippen molar-refractivity contribution in [3.63, 3.8) is 0 Å². The first-order valence-corrected chi connectivity index (χ1v) is 9.98. The SMILES string of the molecule is Cc1ccc(C2=CCC(=O)N(CC(=O)NCC[NH+]3CCCCC3C)N2)cc1. The van der Waals surface area contributed by atoms with Gasteiger partial charge >= 0.3 is 0 Å². The van der Waals surface area contributed by atoms with Gasteiger partial charge in [-0.1, -0.05) is 29.8 Å². The lowest BCUT2D eigenvalue weighted by Crippen LogP contribution is -3.16. The predicted molar refractivity (Wildman–Crippen MR) is 106 cm³/mol. The largest absolute Gasteiger partial charge is 0.349 e. The van der Waals surface area contributed by atoms with E-state index in [9.17, 15) is 9.59 Å². The van der Waals surface area contributed by atoms with Gasteiger partial charge in [0.25, 0.3) is 0 Å². The van der Waals surface area contributed by atoms with Crippen molar-refractivity contribution in [1.29, 1.82) is 0 Å². The van der Waals surface area contributed by atoms with E-state index in [2.05, 4.69) is 17.7 Å². The lowest BCUT2D eigenvalue weighted by atomic mass is 10.0. The van der Waals surface area contributed by atoms with Gasteiger partial charge in [-0.15, -0.1) is 0 Å². The molecule has 3 N–H and O–H groups in total. The van der Waals surface area contributed by atoms with E-state index in [0.29, 0.717) is 19.0 Å². The molecule has 0 aliphatic carbocycles. The van der Waals surface area contributed by atoms with Gasteiger partial charge in [-0.2, -0.15) is 0 Å². The van der Waals surface area contributed by atoms with Crippen LogP contribution in [0.3, 0.4) is 0 Å². The molecule has 1 saturated heterocycles. The summed E-state index contributed by atoms with van der Waals surface area (Å²) < 4.78 is 0. The highest BCUT2D eigenvalue weighted by Crippen LogP contribution is 2.17. The van der Waals surface area contributed by atoms with Crippen molar-refractivity contribution in [2.24, 2.45) is 0 Å². The molecule has 1 fully saturated rings. The molecule has 146 valence electrons. The highest BCUT2D eigenvalue weighted by molar-refractivity contribution is 5.88. The van der Waals surface area contributed by atoms with E-state index in [4.69, 9.17) is 0 Å². The fourth-order valence-corrected chi connectivity index (χ4v) is 3.78. The summed E-state index contributed by atoms with van der Waals surface area (Å²) >= 11 is 0. The topological polar surface area (TPSA) is 65.9 Å². The van der Waals surface area contributed by atoms with Crippen LogP contribution in [-0.4, -0.2) is 49.0 Å². The van der Waals surface area contributed by atoms with Crippen LogP contribution in [0.25, 0.3) is 5.70 Å². The Balaban J connectivity index is 1.47. The minimum Gasteiger partial charge on any atom is -0.349 e. The molecule has 2 aliphatic heterocycles. The van der Waals surface area contributed by atoms with Crippen molar-refractivity contribution in [3.8, 4) is 0 Å². The third-order valence-electron chi connectivity index (χ3n) is 5.55. The van der Waals surface area contributed by atoms with Crippen LogP contribution in [0, 0.1) is 6.92 Å². The summed E-state index contributed by atoms with van der Waals surface area (Å²) in [5.41, 5.74) is 6.17. The lowest BCUT2D eigenvalue weighted by molar-refractivity contribution is -0.927. The molecule has 1 aromatic carbocycles. The zero-order valence-corrected chi connectivity index (χ0v) is 16.4. The number of hydrazine groups is 1. The number of likely N-dealkylation sites (tertiary alicyclic amines) is 1. The molecule has 2 aliphatic rings. The number of quaternary nitrogens is 1. The van der Waals surface area contributed by atoms with Crippen LogP contribution in [-0.2, 0) is 9.59 Å². The highest BCUT2D eigenvalue weighted by Gasteiger charge is 2.23. The molecule has 2 amide bonds. The Morgan fingerprint density at radius 1 is 1.30 bits per heavy atom. The number of carbonyl (C=O) groups excluding carboxylic acids is 2. The third kappa shape index (κ3) is 5.32. The molecule has 2 heterocycles. The lowest BCUT2D eigenvalue weighted by Gasteiger charge is -2.31. The second kappa shape index (κ2) is 9.04. The number of aryl methyl sites for hydroxylation is 1. The van der Waals surface area contributed by atoms with E-state index in [1.807, 2.05) is 37.3 Å². The third-order valence-corrected chi connectivity index (χ3v) is 5.55. The van der Waals surface area contributed by atoms with Gasteiger partial charge in [-0.05, 0) is 44.7 Å². The number of nitrogens with zero attached hydrogens (tertiary/aromatic N) is 1. The molecular formula is C21H31N4O2+. The van der Waals surface area contributed by atoms with Crippen molar-refractivity contribution in [2.45, 2.75) is 45.6 Å². The second-order valence-electron chi connectivity index (χ2n) is 7.68. The van der Waals surface area contributed by atoms with Crippen molar-refractivity contribution >= 4 is 17.5 Å². The van der Waals surface area contributed by atoms with E-state index in [1.54, 1.807) is 4.90 Å². The number of benzene rings is 1. The van der Waals surface area contributed by atoms with Gasteiger partial charge in [0.15, 0.2) is 0 Å². The van der Waals surface area contributed by atoms with Crippen LogP contribution in [0.1, 0.15) is 43.7 Å². The van der Waals surface area contributed by atoms with Gasteiger partial charge in [-0.3, -0.25) is 15.0 Å². The zero-order valence-electron chi connectivity index (χ0n) is 16.4. The van der Waals surface area contributed by atoms with Crippen molar-refractivity contribution in [3.05, 3.63) is 41.5 Å². The summed E-state index contributed by atoms with van der Waals surface area (Å²) in [5, 5.41) is 4.38. The van der Waals surface area contributed by atoms with Crippen molar-refractivity contribution in [1.82, 2.24) is 15.8 Å². The van der Waals surface area contributed by atoms with Gasteiger partial charge in [0.2, 0.25) is 11.8 Å². The Hall–Kier alpha value is -2.34. The minimum absolute atomic E-state index is 0.0346. The molecule has 1 aromatic rings. The maximum Gasteiger partial charge on any atom is 0.245 e. The molecule has 2 atom stereocenters. The maximum atomic E-state index is 12.3. The first-order chi connectivity index (χ1) is 13.0.